The maximum atomic E-state index is 14.2. The highest BCUT2D eigenvalue weighted by atomic mass is 16.2. The van der Waals surface area contributed by atoms with Gasteiger partial charge in [0, 0.05) is 16.9 Å². The van der Waals surface area contributed by atoms with Crippen LogP contribution in [-0.2, 0) is 15.1 Å². The lowest BCUT2D eigenvalue weighted by atomic mass is 9.76. The van der Waals surface area contributed by atoms with E-state index in [1.54, 1.807) is 4.90 Å². The van der Waals surface area contributed by atoms with Crippen molar-refractivity contribution in [1.82, 2.24) is 0 Å². The molecule has 1 unspecified atom stereocenters. The predicted octanol–water partition coefficient (Wildman–Crippen LogP) is 6.80. The number of rotatable bonds is 5. The molecule has 1 heterocycles. The number of nitrogens with one attached hydrogen (secondary N) is 1. The summed E-state index contributed by atoms with van der Waals surface area (Å²) in [6.07, 6.45) is 0.125. The summed E-state index contributed by atoms with van der Waals surface area (Å²) >= 11 is 0. The van der Waals surface area contributed by atoms with Crippen molar-refractivity contribution in [2.75, 3.05) is 10.2 Å². The summed E-state index contributed by atoms with van der Waals surface area (Å²) in [5.41, 5.74) is 6.87. The first-order chi connectivity index (χ1) is 16.8. The van der Waals surface area contributed by atoms with Gasteiger partial charge in [0.15, 0.2) is 5.54 Å². The molecular weight excluding hydrogens is 432 g/mol. The second-order valence-corrected chi connectivity index (χ2v) is 9.77. The molecule has 0 saturated carbocycles. The van der Waals surface area contributed by atoms with Crippen LogP contribution in [0.3, 0.4) is 0 Å². The molecule has 1 atom stereocenters. The van der Waals surface area contributed by atoms with Gasteiger partial charge in [-0.25, -0.2) is 0 Å². The normalized spacial score (nSPS) is 17.5. The van der Waals surface area contributed by atoms with Crippen LogP contribution in [0.2, 0.25) is 0 Å². The first-order valence-electron chi connectivity index (χ1n) is 12.1. The highest BCUT2D eigenvalue weighted by Crippen LogP contribution is 2.47. The first kappa shape index (κ1) is 22.9. The van der Waals surface area contributed by atoms with E-state index < -0.39 is 5.54 Å². The van der Waals surface area contributed by atoms with E-state index in [-0.39, 0.29) is 18.2 Å². The fourth-order valence-corrected chi connectivity index (χ4v) is 5.22. The standard InChI is InChI=1S/C31H30N2O2/c1-20(2)23-16-15-21(3)29-26(18-23)22(4)17-27(29)32-30(35)31(24-11-7-5-8-12-24)19-28(34)33(31)25-13-9-6-10-14-25/h5-18,20H,19H2,1-4H3,(H,32,35). The lowest BCUT2D eigenvalue weighted by Gasteiger charge is -2.50. The number of hydrogen-bond donors (Lipinski definition) is 1. The minimum Gasteiger partial charge on any atom is -0.323 e. The third-order valence-corrected chi connectivity index (χ3v) is 7.15. The summed E-state index contributed by atoms with van der Waals surface area (Å²) in [5.74, 6) is 0.135. The lowest BCUT2D eigenvalue weighted by Crippen LogP contribution is -2.67. The lowest BCUT2D eigenvalue weighted by molar-refractivity contribution is -0.137. The van der Waals surface area contributed by atoms with E-state index in [1.165, 1.54) is 5.56 Å². The van der Waals surface area contributed by atoms with Crippen molar-refractivity contribution in [2.45, 2.75) is 45.6 Å². The molecule has 176 valence electrons. The fourth-order valence-electron chi connectivity index (χ4n) is 5.22. The Hall–Kier alpha value is -3.92. The first-order valence-corrected chi connectivity index (χ1v) is 12.1. The highest BCUT2D eigenvalue weighted by molar-refractivity contribution is 6.17. The fraction of sp³-hybridized carbons (Fsp3) is 0.226. The zero-order chi connectivity index (χ0) is 24.7. The molecule has 0 radical (unpaired) electrons. The number of fused-ring (bicyclic) bond motifs is 1. The Balaban J connectivity index is 1.60. The number of para-hydroxylation sites is 1. The van der Waals surface area contributed by atoms with Crippen LogP contribution in [0.4, 0.5) is 11.4 Å². The molecular formula is C31H30N2O2. The maximum absolute atomic E-state index is 14.2. The number of carbonyl (C=O) groups is 2. The molecule has 2 aromatic rings. The Morgan fingerprint density at radius 3 is 2.17 bits per heavy atom. The van der Waals surface area contributed by atoms with E-state index in [2.05, 4.69) is 51.2 Å². The summed E-state index contributed by atoms with van der Waals surface area (Å²) in [6, 6.07) is 27.6. The number of anilines is 2. The Kier molecular flexibility index (Phi) is 5.68. The number of carbonyl (C=O) groups excluding carboxylic acids is 2. The molecule has 2 amide bonds. The molecule has 4 heteroatoms. The van der Waals surface area contributed by atoms with Gasteiger partial charge in [-0.1, -0.05) is 80.6 Å². The van der Waals surface area contributed by atoms with E-state index in [4.69, 9.17) is 0 Å². The second kappa shape index (κ2) is 8.70. The van der Waals surface area contributed by atoms with E-state index >= 15 is 0 Å². The largest absolute Gasteiger partial charge is 0.323 e. The van der Waals surface area contributed by atoms with Crippen LogP contribution < -0.4 is 10.2 Å². The van der Waals surface area contributed by atoms with Crippen molar-refractivity contribution < 1.29 is 9.59 Å². The predicted molar refractivity (Wildman–Crippen MR) is 142 cm³/mol. The van der Waals surface area contributed by atoms with Gasteiger partial charge in [0.1, 0.15) is 0 Å². The maximum Gasteiger partial charge on any atom is 0.255 e. The number of hydrogen-bond acceptors (Lipinski definition) is 2. The van der Waals surface area contributed by atoms with Crippen molar-refractivity contribution in [3.05, 3.63) is 107 Å². The van der Waals surface area contributed by atoms with Gasteiger partial charge in [0.2, 0.25) is 5.91 Å². The summed E-state index contributed by atoms with van der Waals surface area (Å²) in [7, 11) is 0. The van der Waals surface area contributed by atoms with Crippen LogP contribution in [0, 0.1) is 13.8 Å². The molecule has 1 saturated heterocycles. The van der Waals surface area contributed by atoms with Gasteiger partial charge >= 0.3 is 0 Å². The minimum atomic E-state index is -1.11. The SMILES string of the molecule is Cc1cc(NC(=O)C2(c3ccccc3)CC(=O)N2c2ccccc2)c2c(C)ccc(C(C)C)cc1-2. The van der Waals surface area contributed by atoms with Crippen molar-refractivity contribution in [3.8, 4) is 11.1 Å². The summed E-state index contributed by atoms with van der Waals surface area (Å²) in [4.78, 5) is 28.7. The van der Waals surface area contributed by atoms with Crippen molar-refractivity contribution in [3.63, 3.8) is 0 Å². The molecule has 0 aromatic heterocycles. The van der Waals surface area contributed by atoms with E-state index in [0.717, 1.165) is 39.2 Å². The van der Waals surface area contributed by atoms with Crippen LogP contribution in [0.15, 0.2) is 84.9 Å². The quantitative estimate of drug-likeness (QED) is 0.332. The Bertz CT molecular complexity index is 1380. The summed E-state index contributed by atoms with van der Waals surface area (Å²) < 4.78 is 0. The number of aryl methyl sites for hydroxylation is 2. The third-order valence-electron chi connectivity index (χ3n) is 7.15. The molecule has 0 spiro atoms. The van der Waals surface area contributed by atoms with Gasteiger partial charge in [0.05, 0.1) is 6.42 Å². The minimum absolute atomic E-state index is 0.0668. The van der Waals surface area contributed by atoms with Crippen LogP contribution in [0.25, 0.3) is 11.1 Å². The molecule has 1 aliphatic heterocycles. The number of nitrogens with zero attached hydrogens (tertiary/aromatic N) is 1. The molecule has 3 aliphatic rings. The molecule has 4 nitrogen and oxygen atoms in total. The van der Waals surface area contributed by atoms with Crippen molar-refractivity contribution in [1.29, 1.82) is 0 Å². The van der Waals surface area contributed by atoms with Crippen LogP contribution in [-0.4, -0.2) is 11.8 Å². The summed E-state index contributed by atoms with van der Waals surface area (Å²) in [5, 5.41) is 3.24. The molecule has 2 aliphatic carbocycles. The zero-order valence-corrected chi connectivity index (χ0v) is 20.6. The number of benzene rings is 2. The molecule has 2 aromatic carbocycles. The molecule has 0 bridgehead atoms. The molecule has 1 N–H and O–H groups in total. The van der Waals surface area contributed by atoms with Gasteiger partial charge in [-0.2, -0.15) is 0 Å². The van der Waals surface area contributed by atoms with Gasteiger partial charge in [-0.3, -0.25) is 14.5 Å². The number of amides is 2. The van der Waals surface area contributed by atoms with Gasteiger partial charge in [-0.15, -0.1) is 0 Å². The Morgan fingerprint density at radius 2 is 1.54 bits per heavy atom. The van der Waals surface area contributed by atoms with Crippen molar-refractivity contribution >= 4 is 23.2 Å². The van der Waals surface area contributed by atoms with E-state index in [1.807, 2.05) is 66.7 Å². The van der Waals surface area contributed by atoms with Crippen LogP contribution in [0.1, 0.15) is 48.4 Å². The van der Waals surface area contributed by atoms with Gasteiger partial charge < -0.3 is 5.32 Å². The average molecular weight is 463 g/mol. The van der Waals surface area contributed by atoms with E-state index in [9.17, 15) is 9.59 Å². The monoisotopic (exact) mass is 462 g/mol. The van der Waals surface area contributed by atoms with Crippen LogP contribution >= 0.6 is 0 Å². The van der Waals surface area contributed by atoms with Crippen LogP contribution in [0.5, 0.6) is 0 Å². The van der Waals surface area contributed by atoms with Crippen molar-refractivity contribution in [2.24, 2.45) is 0 Å². The zero-order valence-electron chi connectivity index (χ0n) is 20.6. The van der Waals surface area contributed by atoms with Gasteiger partial charge in [0.25, 0.3) is 5.91 Å². The second-order valence-electron chi connectivity index (χ2n) is 9.77. The highest BCUT2D eigenvalue weighted by Gasteiger charge is 2.58. The third kappa shape index (κ3) is 3.70. The summed E-state index contributed by atoms with van der Waals surface area (Å²) in [6.45, 7) is 8.54. The Morgan fingerprint density at radius 1 is 0.886 bits per heavy atom. The Labute approximate surface area is 206 Å². The molecule has 5 rings (SSSR count). The van der Waals surface area contributed by atoms with E-state index in [0.29, 0.717) is 5.92 Å². The molecule has 35 heavy (non-hydrogen) atoms. The molecule has 1 fully saturated rings. The van der Waals surface area contributed by atoms with Gasteiger partial charge in [-0.05, 0) is 65.8 Å². The smallest absolute Gasteiger partial charge is 0.255 e. The topological polar surface area (TPSA) is 49.4 Å². The number of β-lactam (4-membered cyclic amide) rings is 1. The average Bonchev–Trinajstić information content (AvgIpc) is 3.02.